The maximum Gasteiger partial charge on any atom is 0.333 e. The Morgan fingerprint density at radius 3 is 1.80 bits per heavy atom. The molecule has 1 heterocycles. The van der Waals surface area contributed by atoms with Crippen LogP contribution in [0.2, 0.25) is 0 Å². The monoisotopic (exact) mass is 357 g/mol. The van der Waals surface area contributed by atoms with Gasteiger partial charge in [0.05, 0.1) is 0 Å². The normalized spacial score (nSPS) is 13.4. The average molecular weight is 357 g/mol. The summed E-state index contributed by atoms with van der Waals surface area (Å²) in [4.78, 5) is 48.2. The number of rotatable bonds is 11. The Kier molecular flexibility index (Phi) is 13.3. The molecule has 0 aromatic heterocycles. The molecule has 7 heteroatoms. The number of imide groups is 1. The fraction of sp³-hybridized carbons (Fsp3) is 0.778. The third kappa shape index (κ3) is 12.1. The minimum absolute atomic E-state index is 0.141. The van der Waals surface area contributed by atoms with E-state index in [-0.39, 0.29) is 19.3 Å². The topological polar surface area (TPSA) is 101 Å². The molecule has 0 unspecified atom stereocenters. The lowest BCUT2D eigenvalue weighted by atomic mass is 10.2. The molecular formula is C18H31NO6. The van der Waals surface area contributed by atoms with Crippen LogP contribution >= 0.6 is 0 Å². The highest BCUT2D eigenvalue weighted by Gasteiger charge is 2.32. The molecule has 2 amide bonds. The Bertz CT molecular complexity index is 419. The lowest BCUT2D eigenvalue weighted by Crippen LogP contribution is -2.31. The number of carboxylic acid groups (broad SMARTS) is 1. The third-order valence-corrected chi connectivity index (χ3v) is 3.68. The minimum Gasteiger partial charge on any atom is -0.481 e. The summed E-state index contributed by atoms with van der Waals surface area (Å²) in [5.74, 6) is -2.02. The van der Waals surface area contributed by atoms with Gasteiger partial charge in [0.1, 0.15) is 0 Å². The van der Waals surface area contributed by atoms with Gasteiger partial charge in [-0.25, -0.2) is 4.79 Å². The van der Waals surface area contributed by atoms with Crippen molar-refractivity contribution in [1.82, 2.24) is 5.06 Å². The van der Waals surface area contributed by atoms with Gasteiger partial charge in [0, 0.05) is 25.7 Å². The molecule has 0 radical (unpaired) electrons. The van der Waals surface area contributed by atoms with Crippen LogP contribution < -0.4 is 0 Å². The Balaban J connectivity index is 0.000000547. The van der Waals surface area contributed by atoms with E-state index in [1.165, 1.54) is 6.42 Å². The van der Waals surface area contributed by atoms with Gasteiger partial charge in [0.2, 0.25) is 0 Å². The maximum absolute atomic E-state index is 11.3. The highest BCUT2D eigenvalue weighted by atomic mass is 16.7. The minimum atomic E-state index is -0.675. The molecule has 1 aliphatic rings. The van der Waals surface area contributed by atoms with Gasteiger partial charge >= 0.3 is 11.9 Å². The first-order chi connectivity index (χ1) is 11.9. The molecule has 0 aromatic rings. The predicted molar refractivity (Wildman–Crippen MR) is 92.3 cm³/mol. The molecule has 0 aliphatic carbocycles. The van der Waals surface area contributed by atoms with Crippen molar-refractivity contribution in [3.63, 3.8) is 0 Å². The van der Waals surface area contributed by atoms with Crippen LogP contribution in [0, 0.1) is 0 Å². The molecule has 0 atom stereocenters. The van der Waals surface area contributed by atoms with Crippen molar-refractivity contribution >= 4 is 23.8 Å². The zero-order valence-electron chi connectivity index (χ0n) is 15.4. The van der Waals surface area contributed by atoms with Crippen molar-refractivity contribution < 1.29 is 29.1 Å². The SMILES string of the molecule is CCCCCCC(=O)O.CCCCCCC(=O)ON1C(=O)CCC1=O. The quantitative estimate of drug-likeness (QED) is 0.448. The summed E-state index contributed by atoms with van der Waals surface area (Å²) in [6.45, 7) is 4.20. The molecule has 1 N–H and O–H groups in total. The number of hydroxylamine groups is 2. The zero-order valence-corrected chi connectivity index (χ0v) is 15.4. The van der Waals surface area contributed by atoms with Crippen LogP contribution in [0.25, 0.3) is 0 Å². The number of carboxylic acids is 1. The van der Waals surface area contributed by atoms with Crippen LogP contribution in [0.4, 0.5) is 0 Å². The van der Waals surface area contributed by atoms with Crippen LogP contribution in [0.5, 0.6) is 0 Å². The van der Waals surface area contributed by atoms with Crippen LogP contribution in [-0.2, 0) is 24.0 Å². The van der Waals surface area contributed by atoms with Gasteiger partial charge in [-0.3, -0.25) is 14.4 Å². The largest absolute Gasteiger partial charge is 0.481 e. The number of hydrogen-bond acceptors (Lipinski definition) is 5. The van der Waals surface area contributed by atoms with E-state index in [1.807, 2.05) is 0 Å². The molecule has 1 fully saturated rings. The van der Waals surface area contributed by atoms with Crippen molar-refractivity contribution in [3.8, 4) is 0 Å². The summed E-state index contributed by atoms with van der Waals surface area (Å²) in [6.07, 6.45) is 8.98. The number of nitrogens with zero attached hydrogens (tertiary/aromatic N) is 1. The van der Waals surface area contributed by atoms with Crippen molar-refractivity contribution in [3.05, 3.63) is 0 Å². The van der Waals surface area contributed by atoms with Gasteiger partial charge in [-0.2, -0.15) is 0 Å². The number of hydrogen-bond donors (Lipinski definition) is 1. The molecule has 0 spiro atoms. The molecule has 1 aliphatic heterocycles. The molecule has 0 aromatic carbocycles. The third-order valence-electron chi connectivity index (χ3n) is 3.68. The number of carbonyl (C=O) groups excluding carboxylic acids is 3. The molecule has 7 nitrogen and oxygen atoms in total. The van der Waals surface area contributed by atoms with Gasteiger partial charge in [0.25, 0.3) is 11.8 Å². The second-order valence-corrected chi connectivity index (χ2v) is 6.06. The molecule has 25 heavy (non-hydrogen) atoms. The van der Waals surface area contributed by atoms with Crippen LogP contribution in [0.15, 0.2) is 0 Å². The van der Waals surface area contributed by atoms with E-state index in [0.717, 1.165) is 44.9 Å². The van der Waals surface area contributed by atoms with Gasteiger partial charge < -0.3 is 9.94 Å². The fourth-order valence-corrected chi connectivity index (χ4v) is 2.20. The van der Waals surface area contributed by atoms with Gasteiger partial charge in [0.15, 0.2) is 0 Å². The summed E-state index contributed by atoms with van der Waals surface area (Å²) in [5, 5.41) is 8.81. The predicted octanol–water partition coefficient (Wildman–Crippen LogP) is 3.61. The first kappa shape index (κ1) is 23.1. The Hall–Kier alpha value is -1.92. The van der Waals surface area contributed by atoms with Crippen molar-refractivity contribution in [2.45, 2.75) is 90.9 Å². The molecule has 0 saturated carbocycles. The standard InChI is InChI=1S/C11H17NO4.C7H14O2/c1-2-3-4-5-6-11(15)16-12-9(13)7-8-10(12)14;1-2-3-4-5-6-7(8)9/h2-8H2,1H3;2-6H2,1H3,(H,8,9). The van der Waals surface area contributed by atoms with E-state index in [0.29, 0.717) is 11.5 Å². The Morgan fingerprint density at radius 1 is 0.880 bits per heavy atom. The second kappa shape index (κ2) is 14.4. The van der Waals surface area contributed by atoms with Gasteiger partial charge in [-0.15, -0.1) is 5.06 Å². The fourth-order valence-electron chi connectivity index (χ4n) is 2.20. The number of amides is 2. The number of aliphatic carboxylic acids is 1. The summed E-state index contributed by atoms with van der Waals surface area (Å²) in [7, 11) is 0. The molecule has 0 bridgehead atoms. The highest BCUT2D eigenvalue weighted by molar-refractivity contribution is 6.01. The first-order valence-electron chi connectivity index (χ1n) is 9.20. The molecule has 1 rings (SSSR count). The lowest BCUT2D eigenvalue weighted by Gasteiger charge is -2.12. The van der Waals surface area contributed by atoms with Crippen molar-refractivity contribution in [2.24, 2.45) is 0 Å². The lowest BCUT2D eigenvalue weighted by molar-refractivity contribution is -0.197. The van der Waals surface area contributed by atoms with E-state index < -0.39 is 23.8 Å². The maximum atomic E-state index is 11.3. The van der Waals surface area contributed by atoms with Crippen molar-refractivity contribution in [1.29, 1.82) is 0 Å². The number of carbonyl (C=O) groups is 4. The van der Waals surface area contributed by atoms with E-state index in [2.05, 4.69) is 13.8 Å². The number of unbranched alkanes of at least 4 members (excludes halogenated alkanes) is 6. The Morgan fingerprint density at radius 2 is 1.36 bits per heavy atom. The zero-order chi connectivity index (χ0) is 19.1. The second-order valence-electron chi connectivity index (χ2n) is 6.06. The summed E-state index contributed by atoms with van der Waals surface area (Å²) >= 11 is 0. The first-order valence-corrected chi connectivity index (χ1v) is 9.20. The summed E-state index contributed by atoms with van der Waals surface area (Å²) < 4.78 is 0. The summed E-state index contributed by atoms with van der Waals surface area (Å²) in [5.41, 5.74) is 0. The van der Waals surface area contributed by atoms with Gasteiger partial charge in [-0.1, -0.05) is 52.4 Å². The highest BCUT2D eigenvalue weighted by Crippen LogP contribution is 2.13. The van der Waals surface area contributed by atoms with Crippen LogP contribution in [0.3, 0.4) is 0 Å². The van der Waals surface area contributed by atoms with E-state index >= 15 is 0 Å². The van der Waals surface area contributed by atoms with Gasteiger partial charge in [-0.05, 0) is 12.8 Å². The molecule has 1 saturated heterocycles. The van der Waals surface area contributed by atoms with Crippen molar-refractivity contribution in [2.75, 3.05) is 0 Å². The van der Waals surface area contributed by atoms with E-state index in [1.54, 1.807) is 0 Å². The Labute approximate surface area is 149 Å². The van der Waals surface area contributed by atoms with E-state index in [4.69, 9.17) is 9.94 Å². The van der Waals surface area contributed by atoms with E-state index in [9.17, 15) is 19.2 Å². The average Bonchev–Trinajstić information content (AvgIpc) is 2.88. The van der Waals surface area contributed by atoms with Crippen LogP contribution in [-0.4, -0.2) is 33.9 Å². The summed E-state index contributed by atoms with van der Waals surface area (Å²) in [6, 6.07) is 0. The molecule has 144 valence electrons. The smallest absolute Gasteiger partial charge is 0.333 e. The molecular weight excluding hydrogens is 326 g/mol. The van der Waals surface area contributed by atoms with Crippen LogP contribution in [0.1, 0.15) is 90.9 Å².